The number of carboxylic acid groups (broad SMARTS) is 1. The van der Waals surface area contributed by atoms with Crippen LogP contribution in [0.3, 0.4) is 0 Å². The molecule has 0 saturated carbocycles. The summed E-state index contributed by atoms with van der Waals surface area (Å²) in [5, 5.41) is 12.9. The van der Waals surface area contributed by atoms with Crippen LogP contribution in [0.1, 0.15) is 0 Å². The lowest BCUT2D eigenvalue weighted by atomic mass is 10.3. The molecule has 1 aliphatic heterocycles. The van der Waals surface area contributed by atoms with Crippen molar-refractivity contribution < 1.29 is 14.6 Å². The van der Waals surface area contributed by atoms with E-state index in [9.17, 15) is 4.79 Å². The normalized spacial score (nSPS) is 20.1. The van der Waals surface area contributed by atoms with E-state index in [4.69, 9.17) is 9.84 Å². The third-order valence-electron chi connectivity index (χ3n) is 1.89. The fraction of sp³-hybridized carbons (Fsp3) is 0.0909. The smallest absolute Gasteiger partial charge is 0.355 e. The Morgan fingerprint density at radius 3 is 2.69 bits per heavy atom. The zero-order valence-corrected chi connectivity index (χ0v) is 9.91. The maximum Gasteiger partial charge on any atom is 0.355 e. The molecule has 1 N–H and O–H groups in total. The number of carbonyl (C=O) groups is 1. The molecule has 0 spiro atoms. The minimum absolute atomic E-state index is 0.460. The van der Waals surface area contributed by atoms with Gasteiger partial charge in [-0.25, -0.2) is 4.79 Å². The first-order valence-electron chi connectivity index (χ1n) is 4.58. The first-order valence-corrected chi connectivity index (χ1v) is 6.94. The summed E-state index contributed by atoms with van der Waals surface area (Å²) >= 11 is 1.50. The molecule has 1 aliphatic rings. The molecule has 1 heterocycles. The van der Waals surface area contributed by atoms with Gasteiger partial charge in [0.2, 0.25) is 5.44 Å². The van der Waals surface area contributed by atoms with Crippen molar-refractivity contribution in [1.82, 2.24) is 0 Å². The fourth-order valence-electron chi connectivity index (χ4n) is 1.19. The van der Waals surface area contributed by atoms with Gasteiger partial charge in [0.15, 0.2) is 0 Å². The van der Waals surface area contributed by atoms with Gasteiger partial charge in [-0.15, -0.1) is 10.5 Å². The number of ether oxygens (including phenoxy) is 1. The van der Waals surface area contributed by atoms with E-state index in [1.165, 1.54) is 11.8 Å². The highest BCUT2D eigenvalue weighted by Crippen LogP contribution is 2.32. The first kappa shape index (κ1) is 11.3. The van der Waals surface area contributed by atoms with Gasteiger partial charge in [-0.05, 0) is 22.9 Å². The highest BCUT2D eigenvalue weighted by atomic mass is 32.2. The largest absolute Gasteiger partial charge is 0.478 e. The molecular weight excluding hydrogens is 244 g/mol. The average molecular weight is 254 g/mol. The van der Waals surface area contributed by atoms with Crippen LogP contribution in [0, 0.1) is 0 Å². The number of benzene rings is 1. The van der Waals surface area contributed by atoms with Crippen LogP contribution in [0.2, 0.25) is 0 Å². The van der Waals surface area contributed by atoms with E-state index in [-0.39, 0.29) is 0 Å². The summed E-state index contributed by atoms with van der Waals surface area (Å²) in [4.78, 5) is 11.1. The first-order chi connectivity index (χ1) is 7.77. The van der Waals surface area contributed by atoms with Crippen molar-refractivity contribution in [2.45, 2.75) is 5.44 Å². The monoisotopic (exact) mass is 254 g/mol. The average Bonchev–Trinajstić information content (AvgIpc) is 2.80. The summed E-state index contributed by atoms with van der Waals surface area (Å²) in [6.45, 7) is 0. The number of aliphatic carboxylic acids is 1. The molecule has 0 bridgehead atoms. The lowest BCUT2D eigenvalue weighted by molar-refractivity contribution is -0.140. The summed E-state index contributed by atoms with van der Waals surface area (Å²) in [7, 11) is -0.460. The number of hydrogen-bond donors (Lipinski definition) is 1. The second-order valence-corrected chi connectivity index (χ2v) is 5.84. The Hall–Kier alpha value is -1.20. The van der Waals surface area contributed by atoms with Gasteiger partial charge in [0, 0.05) is 4.70 Å². The quantitative estimate of drug-likeness (QED) is 0.839. The lowest BCUT2D eigenvalue weighted by Crippen LogP contribution is -2.24. The highest BCUT2D eigenvalue weighted by molar-refractivity contribution is 8.37. The molecule has 0 aliphatic carbocycles. The van der Waals surface area contributed by atoms with Crippen LogP contribution >= 0.6 is 22.2 Å². The Labute approximate surface area is 100 Å². The molecular formula is C11H10O3S2. The zero-order valence-electron chi connectivity index (χ0n) is 8.28. The molecule has 84 valence electrons. The fourth-order valence-corrected chi connectivity index (χ4v) is 3.99. The van der Waals surface area contributed by atoms with Gasteiger partial charge >= 0.3 is 5.97 Å². The predicted molar refractivity (Wildman–Crippen MR) is 68.9 cm³/mol. The Morgan fingerprint density at radius 2 is 2.12 bits per heavy atom. The molecule has 2 unspecified atom stereocenters. The van der Waals surface area contributed by atoms with E-state index < -0.39 is 21.9 Å². The van der Waals surface area contributed by atoms with Gasteiger partial charge in [0.05, 0.1) is 0 Å². The van der Waals surface area contributed by atoms with Gasteiger partial charge in [-0.2, -0.15) is 0 Å². The van der Waals surface area contributed by atoms with Gasteiger partial charge in [-0.1, -0.05) is 30.0 Å². The van der Waals surface area contributed by atoms with Crippen LogP contribution in [0.4, 0.5) is 0 Å². The van der Waals surface area contributed by atoms with Gasteiger partial charge in [-0.3, -0.25) is 0 Å². The van der Waals surface area contributed by atoms with E-state index >= 15 is 0 Å². The molecule has 0 fully saturated rings. The molecule has 1 aromatic carbocycles. The van der Waals surface area contributed by atoms with Crippen molar-refractivity contribution >= 4 is 32.9 Å². The van der Waals surface area contributed by atoms with Crippen molar-refractivity contribution in [2.24, 2.45) is 0 Å². The van der Waals surface area contributed by atoms with Gasteiger partial charge in [0.1, 0.15) is 5.75 Å². The molecule has 0 radical (unpaired) electrons. The third-order valence-corrected chi connectivity index (χ3v) is 4.93. The van der Waals surface area contributed by atoms with Gasteiger partial charge in [0.25, 0.3) is 0 Å². The van der Waals surface area contributed by atoms with Crippen molar-refractivity contribution in [1.29, 1.82) is 0 Å². The Bertz CT molecular complexity index is 440. The van der Waals surface area contributed by atoms with Crippen molar-refractivity contribution in [2.75, 3.05) is 0 Å². The molecule has 1 aromatic rings. The molecule has 16 heavy (non-hydrogen) atoms. The van der Waals surface area contributed by atoms with E-state index in [0.717, 1.165) is 0 Å². The number of carboxylic acids is 1. The Morgan fingerprint density at radius 1 is 1.38 bits per heavy atom. The molecule has 3 nitrogen and oxygen atoms in total. The van der Waals surface area contributed by atoms with Gasteiger partial charge < -0.3 is 9.84 Å². The maximum absolute atomic E-state index is 11.1. The second-order valence-electron chi connectivity index (χ2n) is 3.01. The summed E-state index contributed by atoms with van der Waals surface area (Å²) in [6.07, 6.45) is 0. The summed E-state index contributed by atoms with van der Waals surface area (Å²) < 4.78 is 7.37. The van der Waals surface area contributed by atoms with Crippen LogP contribution in [-0.2, 0) is 4.79 Å². The second kappa shape index (κ2) is 5.23. The molecule has 2 rings (SSSR count). The van der Waals surface area contributed by atoms with Crippen LogP contribution in [-0.4, -0.2) is 21.2 Å². The van der Waals surface area contributed by atoms with E-state index in [1.807, 2.05) is 33.7 Å². The van der Waals surface area contributed by atoms with Crippen molar-refractivity contribution in [3.63, 3.8) is 0 Å². The minimum atomic E-state index is -0.935. The molecule has 0 aromatic heterocycles. The van der Waals surface area contributed by atoms with Crippen LogP contribution in [0.5, 0.6) is 5.75 Å². The zero-order chi connectivity index (χ0) is 11.4. The van der Waals surface area contributed by atoms with Crippen LogP contribution < -0.4 is 4.74 Å². The van der Waals surface area contributed by atoms with Crippen LogP contribution in [0.25, 0.3) is 0 Å². The van der Waals surface area contributed by atoms with Crippen molar-refractivity contribution in [3.05, 3.63) is 41.1 Å². The minimum Gasteiger partial charge on any atom is -0.478 e. The van der Waals surface area contributed by atoms with Crippen molar-refractivity contribution in [3.8, 4) is 5.75 Å². The number of rotatable bonds is 4. The number of hydrogen-bond acceptors (Lipinski definition) is 3. The van der Waals surface area contributed by atoms with E-state index in [2.05, 4.69) is 0 Å². The summed E-state index contributed by atoms with van der Waals surface area (Å²) in [6, 6.07) is 9.02. The summed E-state index contributed by atoms with van der Waals surface area (Å²) in [5.41, 5.74) is -0.825. The highest BCUT2D eigenvalue weighted by Gasteiger charge is 2.23. The standard InChI is InChI=1S/C11H10O3S2/c12-10(13)11(16-7-6-15-8-16)14-9-4-2-1-3-5-9/h1-8,11H,(H,12,13). The number of para-hydroxylation sites is 1. The topological polar surface area (TPSA) is 46.5 Å². The lowest BCUT2D eigenvalue weighted by Gasteiger charge is -2.15. The number of thioether (sulfide) groups is 1. The SMILES string of the molecule is O=C(O)C(Oc1ccccc1)S1=CSC=C1. The molecule has 5 heteroatoms. The molecule has 0 saturated heterocycles. The van der Waals surface area contributed by atoms with E-state index in [0.29, 0.717) is 5.75 Å². The Kier molecular flexibility index (Phi) is 3.69. The summed E-state index contributed by atoms with van der Waals surface area (Å²) in [5.74, 6) is -0.350. The Balaban J connectivity index is 2.15. The van der Waals surface area contributed by atoms with Crippen LogP contribution in [0.15, 0.2) is 41.1 Å². The molecule has 0 amide bonds. The van der Waals surface area contributed by atoms with E-state index in [1.54, 1.807) is 12.1 Å². The predicted octanol–water partition coefficient (Wildman–Crippen LogP) is 2.72. The third kappa shape index (κ3) is 2.68. The maximum atomic E-state index is 11.1. The molecule has 2 atom stereocenters.